The van der Waals surface area contributed by atoms with E-state index < -0.39 is 0 Å². The van der Waals surface area contributed by atoms with Crippen LogP contribution >= 0.6 is 11.8 Å². The first-order chi connectivity index (χ1) is 9.47. The van der Waals surface area contributed by atoms with E-state index in [1.807, 2.05) is 35.8 Å². The zero-order valence-corrected chi connectivity index (χ0v) is 12.9. The molecule has 2 aromatic rings. The van der Waals surface area contributed by atoms with Crippen LogP contribution in [0, 0.1) is 6.92 Å². The molecule has 0 atom stereocenters. The molecule has 0 saturated carbocycles. The molecule has 5 nitrogen and oxygen atoms in total. The lowest BCUT2D eigenvalue weighted by Crippen LogP contribution is -2.07. The number of nitrogens with zero attached hydrogens (tertiary/aromatic N) is 3. The minimum Gasteiger partial charge on any atom is -0.326 e. The highest BCUT2D eigenvalue weighted by Crippen LogP contribution is 2.26. The number of benzene rings is 1. The molecule has 0 saturated heterocycles. The highest BCUT2D eigenvalue weighted by atomic mass is 32.2. The molecule has 2 rings (SSSR count). The van der Waals surface area contributed by atoms with Crippen LogP contribution in [0.3, 0.4) is 0 Å². The second-order valence-corrected chi connectivity index (χ2v) is 6.31. The maximum absolute atomic E-state index is 11.1. The lowest BCUT2D eigenvalue weighted by molar-refractivity contribution is -0.114. The predicted molar refractivity (Wildman–Crippen MR) is 81.4 cm³/mol. The average molecular weight is 290 g/mol. The van der Waals surface area contributed by atoms with Crippen LogP contribution in [-0.4, -0.2) is 25.9 Å². The molecule has 1 aromatic carbocycles. The van der Waals surface area contributed by atoms with Crippen LogP contribution in [-0.2, 0) is 4.79 Å². The smallest absolute Gasteiger partial charge is 0.221 e. The maximum Gasteiger partial charge on any atom is 0.221 e. The van der Waals surface area contributed by atoms with Gasteiger partial charge in [0, 0.05) is 17.9 Å². The summed E-state index contributed by atoms with van der Waals surface area (Å²) in [6, 6.07) is 7.66. The number of carbonyl (C=O) groups excluding carboxylic acids is 1. The van der Waals surface area contributed by atoms with Gasteiger partial charge >= 0.3 is 0 Å². The van der Waals surface area contributed by atoms with Gasteiger partial charge in [0.1, 0.15) is 5.82 Å². The third-order valence-electron chi connectivity index (χ3n) is 2.56. The Bertz CT molecular complexity index is 621. The number of aromatic nitrogens is 3. The first kappa shape index (κ1) is 14.6. The van der Waals surface area contributed by atoms with Gasteiger partial charge in [0.05, 0.1) is 5.69 Å². The van der Waals surface area contributed by atoms with Gasteiger partial charge in [-0.1, -0.05) is 31.7 Å². The fourth-order valence-electron chi connectivity index (χ4n) is 1.85. The van der Waals surface area contributed by atoms with E-state index in [0.717, 1.165) is 22.4 Å². The number of carbonyl (C=O) groups is 1. The molecule has 0 unspecified atom stereocenters. The summed E-state index contributed by atoms with van der Waals surface area (Å²) in [6.45, 7) is 7.65. The zero-order chi connectivity index (χ0) is 14.7. The predicted octanol–water partition coefficient (Wildman–Crippen LogP) is 3.03. The number of amides is 1. The number of hydrogen-bond acceptors (Lipinski definition) is 4. The van der Waals surface area contributed by atoms with Crippen molar-refractivity contribution in [2.75, 3.05) is 5.32 Å². The van der Waals surface area contributed by atoms with Crippen molar-refractivity contribution >= 4 is 23.4 Å². The number of rotatable bonds is 4. The van der Waals surface area contributed by atoms with E-state index in [0.29, 0.717) is 5.25 Å². The van der Waals surface area contributed by atoms with Crippen molar-refractivity contribution in [3.05, 3.63) is 30.1 Å². The summed E-state index contributed by atoms with van der Waals surface area (Å²) < 4.78 is 2.00. The molecule has 0 bridgehead atoms. The third-order valence-corrected chi connectivity index (χ3v) is 3.51. The van der Waals surface area contributed by atoms with Gasteiger partial charge in [-0.05, 0) is 25.1 Å². The van der Waals surface area contributed by atoms with Gasteiger partial charge in [-0.15, -0.1) is 10.2 Å². The Balaban J connectivity index is 2.40. The van der Waals surface area contributed by atoms with E-state index in [9.17, 15) is 4.79 Å². The lowest BCUT2D eigenvalue weighted by Gasteiger charge is -2.11. The van der Waals surface area contributed by atoms with Crippen molar-refractivity contribution < 1.29 is 4.79 Å². The number of aryl methyl sites for hydroxylation is 1. The molecule has 1 aromatic heterocycles. The van der Waals surface area contributed by atoms with Crippen molar-refractivity contribution in [1.29, 1.82) is 0 Å². The second kappa shape index (κ2) is 6.09. The fourth-order valence-corrected chi connectivity index (χ4v) is 2.71. The Kier molecular flexibility index (Phi) is 4.44. The molecule has 1 amide bonds. The van der Waals surface area contributed by atoms with E-state index in [2.05, 4.69) is 29.4 Å². The summed E-state index contributed by atoms with van der Waals surface area (Å²) in [6.07, 6.45) is 0. The molecule has 1 heterocycles. The van der Waals surface area contributed by atoms with E-state index in [-0.39, 0.29) is 5.91 Å². The monoisotopic (exact) mass is 290 g/mol. The van der Waals surface area contributed by atoms with E-state index in [1.54, 1.807) is 11.8 Å². The number of nitrogens with one attached hydrogen (secondary N) is 1. The second-order valence-electron chi connectivity index (χ2n) is 4.76. The summed E-state index contributed by atoms with van der Waals surface area (Å²) in [5.74, 6) is 0.743. The van der Waals surface area contributed by atoms with Crippen LogP contribution in [0.15, 0.2) is 29.4 Å². The molecule has 0 fully saturated rings. The van der Waals surface area contributed by atoms with Gasteiger partial charge < -0.3 is 5.32 Å². The first-order valence-corrected chi connectivity index (χ1v) is 7.32. The summed E-state index contributed by atoms with van der Waals surface area (Å²) in [5, 5.41) is 12.4. The minimum atomic E-state index is -0.0839. The lowest BCUT2D eigenvalue weighted by atomic mass is 10.2. The fraction of sp³-hybridized carbons (Fsp3) is 0.357. The molecule has 106 valence electrons. The van der Waals surface area contributed by atoms with Gasteiger partial charge in [-0.2, -0.15) is 0 Å². The Morgan fingerprint density at radius 2 is 2.10 bits per heavy atom. The van der Waals surface area contributed by atoms with Gasteiger partial charge in [0.25, 0.3) is 0 Å². The summed E-state index contributed by atoms with van der Waals surface area (Å²) in [4.78, 5) is 11.1. The highest BCUT2D eigenvalue weighted by molar-refractivity contribution is 7.99. The van der Waals surface area contributed by atoms with Crippen molar-refractivity contribution in [2.45, 2.75) is 38.1 Å². The SMILES string of the molecule is CC(=O)Nc1cccc(-n2c(C)nnc2SC(C)C)c1. The Morgan fingerprint density at radius 3 is 2.75 bits per heavy atom. The molecule has 20 heavy (non-hydrogen) atoms. The molecular formula is C14H18N4OS. The topological polar surface area (TPSA) is 59.8 Å². The van der Waals surface area contributed by atoms with Crippen LogP contribution in [0.4, 0.5) is 5.69 Å². The molecule has 6 heteroatoms. The average Bonchev–Trinajstić information content (AvgIpc) is 2.69. The molecule has 0 radical (unpaired) electrons. The van der Waals surface area contributed by atoms with Gasteiger partial charge in [-0.3, -0.25) is 9.36 Å². The number of thioether (sulfide) groups is 1. The Hall–Kier alpha value is -1.82. The van der Waals surface area contributed by atoms with Crippen LogP contribution in [0.25, 0.3) is 5.69 Å². The molecule has 1 N–H and O–H groups in total. The van der Waals surface area contributed by atoms with Gasteiger partial charge in [0.2, 0.25) is 5.91 Å². The van der Waals surface area contributed by atoms with Crippen LogP contribution in [0.1, 0.15) is 26.6 Å². The largest absolute Gasteiger partial charge is 0.326 e. The molecule has 0 spiro atoms. The Morgan fingerprint density at radius 1 is 1.35 bits per heavy atom. The van der Waals surface area contributed by atoms with E-state index in [4.69, 9.17) is 0 Å². The van der Waals surface area contributed by atoms with Crippen molar-refractivity contribution in [3.8, 4) is 5.69 Å². The standard InChI is InChI=1S/C14H18N4OS/c1-9(2)20-14-17-16-10(3)18(14)13-7-5-6-12(8-13)15-11(4)19/h5-9H,1-4H3,(H,15,19). The van der Waals surface area contributed by atoms with Crippen molar-refractivity contribution in [3.63, 3.8) is 0 Å². The molecular weight excluding hydrogens is 272 g/mol. The van der Waals surface area contributed by atoms with E-state index in [1.165, 1.54) is 6.92 Å². The molecule has 0 aliphatic rings. The van der Waals surface area contributed by atoms with Crippen LogP contribution in [0.5, 0.6) is 0 Å². The van der Waals surface area contributed by atoms with E-state index >= 15 is 0 Å². The molecule has 0 aliphatic heterocycles. The normalized spacial score (nSPS) is 10.8. The number of anilines is 1. The zero-order valence-electron chi connectivity index (χ0n) is 12.0. The van der Waals surface area contributed by atoms with Gasteiger partial charge in [-0.25, -0.2) is 0 Å². The first-order valence-electron chi connectivity index (χ1n) is 6.44. The summed E-state index contributed by atoms with van der Waals surface area (Å²) >= 11 is 1.66. The van der Waals surface area contributed by atoms with Crippen LogP contribution < -0.4 is 5.32 Å². The maximum atomic E-state index is 11.1. The Labute approximate surface area is 122 Å². The van der Waals surface area contributed by atoms with Gasteiger partial charge in [0.15, 0.2) is 5.16 Å². The number of hydrogen-bond donors (Lipinski definition) is 1. The van der Waals surface area contributed by atoms with Crippen molar-refractivity contribution in [2.24, 2.45) is 0 Å². The summed E-state index contributed by atoms with van der Waals surface area (Å²) in [7, 11) is 0. The highest BCUT2D eigenvalue weighted by Gasteiger charge is 2.13. The summed E-state index contributed by atoms with van der Waals surface area (Å²) in [5.41, 5.74) is 1.71. The van der Waals surface area contributed by atoms with Crippen LogP contribution in [0.2, 0.25) is 0 Å². The quantitative estimate of drug-likeness (QED) is 0.879. The minimum absolute atomic E-state index is 0.0839. The molecule has 0 aliphatic carbocycles. The van der Waals surface area contributed by atoms with Crippen molar-refractivity contribution in [1.82, 2.24) is 14.8 Å². The third kappa shape index (κ3) is 3.39.